The first kappa shape index (κ1) is 12.3. The Morgan fingerprint density at radius 1 is 0.842 bits per heavy atom. The number of hydrogen-bond donors (Lipinski definition) is 0. The second-order valence-electron chi connectivity index (χ2n) is 5.20. The van der Waals surface area contributed by atoms with E-state index in [9.17, 15) is 0 Å². The smallest absolute Gasteiger partial charge is 0.127 e. The Labute approximate surface area is 115 Å². The van der Waals surface area contributed by atoms with Crippen molar-refractivity contribution in [3.63, 3.8) is 0 Å². The van der Waals surface area contributed by atoms with Gasteiger partial charge in [-0.3, -0.25) is 0 Å². The molecule has 0 spiro atoms. The number of benzene rings is 2. The van der Waals surface area contributed by atoms with Crippen LogP contribution in [-0.4, -0.2) is 0 Å². The Balaban J connectivity index is 1.69. The second-order valence-corrected chi connectivity index (χ2v) is 5.20. The zero-order valence-electron chi connectivity index (χ0n) is 11.1. The van der Waals surface area contributed by atoms with E-state index in [4.69, 9.17) is 4.74 Å². The largest absolute Gasteiger partial charge is 0.457 e. The van der Waals surface area contributed by atoms with E-state index in [1.807, 2.05) is 36.4 Å². The molecule has 1 aliphatic rings. The molecule has 1 heteroatoms. The molecule has 0 saturated heterocycles. The van der Waals surface area contributed by atoms with E-state index in [2.05, 4.69) is 24.6 Å². The van der Waals surface area contributed by atoms with Crippen LogP contribution in [0.2, 0.25) is 0 Å². The summed E-state index contributed by atoms with van der Waals surface area (Å²) in [5, 5.41) is 0. The normalized spacial score (nSPS) is 15.6. The molecule has 0 unspecified atom stereocenters. The SMILES string of the molecule is [CH](c1cccc(Oc2ccccc2)c1)C1CCCC1. The molecule has 3 rings (SSSR count). The molecule has 2 aromatic rings. The first-order chi connectivity index (χ1) is 9.40. The minimum absolute atomic E-state index is 0.756. The Hall–Kier alpha value is -1.76. The standard InChI is InChI=1S/C18H19O/c1-2-10-17(11-3-1)19-18-12-6-9-16(14-18)13-15-7-4-5-8-15/h1-3,6,9-15H,4-5,7-8H2. The molecule has 2 aromatic carbocycles. The van der Waals surface area contributed by atoms with E-state index >= 15 is 0 Å². The number of rotatable bonds is 4. The molecule has 0 atom stereocenters. The fourth-order valence-electron chi connectivity index (χ4n) is 2.70. The van der Waals surface area contributed by atoms with E-state index < -0.39 is 0 Å². The van der Waals surface area contributed by atoms with Crippen molar-refractivity contribution < 1.29 is 4.74 Å². The van der Waals surface area contributed by atoms with Crippen LogP contribution in [0.4, 0.5) is 0 Å². The topological polar surface area (TPSA) is 9.23 Å². The van der Waals surface area contributed by atoms with Gasteiger partial charge in [0.15, 0.2) is 0 Å². The van der Waals surface area contributed by atoms with Crippen LogP contribution in [0.25, 0.3) is 0 Å². The molecule has 1 aliphatic carbocycles. The minimum atomic E-state index is 0.756. The third-order valence-corrected chi connectivity index (χ3v) is 3.66. The predicted molar refractivity (Wildman–Crippen MR) is 78.3 cm³/mol. The summed E-state index contributed by atoms with van der Waals surface area (Å²) in [7, 11) is 0. The first-order valence-corrected chi connectivity index (χ1v) is 7.08. The fourth-order valence-corrected chi connectivity index (χ4v) is 2.70. The molecule has 1 fully saturated rings. The van der Waals surface area contributed by atoms with Crippen LogP contribution >= 0.6 is 0 Å². The van der Waals surface area contributed by atoms with Crippen LogP contribution in [0.3, 0.4) is 0 Å². The molecule has 97 valence electrons. The zero-order valence-corrected chi connectivity index (χ0v) is 11.1. The lowest BCUT2D eigenvalue weighted by atomic mass is 9.98. The van der Waals surface area contributed by atoms with Gasteiger partial charge in [0.1, 0.15) is 11.5 Å². The van der Waals surface area contributed by atoms with E-state index in [0.29, 0.717) is 0 Å². The van der Waals surface area contributed by atoms with Crippen molar-refractivity contribution in [1.29, 1.82) is 0 Å². The molecule has 0 aromatic heterocycles. The molecule has 0 heterocycles. The van der Waals surface area contributed by atoms with Gasteiger partial charge in [-0.2, -0.15) is 0 Å². The average Bonchev–Trinajstić information content (AvgIpc) is 2.93. The van der Waals surface area contributed by atoms with Crippen molar-refractivity contribution >= 4 is 0 Å². The van der Waals surface area contributed by atoms with Gasteiger partial charge in [-0.1, -0.05) is 43.2 Å². The molecular weight excluding hydrogens is 232 g/mol. The quantitative estimate of drug-likeness (QED) is 0.723. The highest BCUT2D eigenvalue weighted by Crippen LogP contribution is 2.31. The van der Waals surface area contributed by atoms with Gasteiger partial charge in [-0.05, 0) is 55.0 Å². The van der Waals surface area contributed by atoms with Crippen molar-refractivity contribution in [3.05, 3.63) is 66.6 Å². The maximum Gasteiger partial charge on any atom is 0.127 e. The summed E-state index contributed by atoms with van der Waals surface area (Å²) in [6, 6.07) is 18.3. The summed E-state index contributed by atoms with van der Waals surface area (Å²) in [6.45, 7) is 0. The molecule has 1 radical (unpaired) electrons. The van der Waals surface area contributed by atoms with E-state index in [0.717, 1.165) is 17.4 Å². The fraction of sp³-hybridized carbons (Fsp3) is 0.278. The van der Waals surface area contributed by atoms with Crippen LogP contribution in [0, 0.1) is 12.3 Å². The molecule has 19 heavy (non-hydrogen) atoms. The predicted octanol–water partition coefficient (Wildman–Crippen LogP) is 5.22. The monoisotopic (exact) mass is 251 g/mol. The highest BCUT2D eigenvalue weighted by atomic mass is 16.5. The Kier molecular flexibility index (Phi) is 3.83. The van der Waals surface area contributed by atoms with Gasteiger partial charge in [-0.15, -0.1) is 0 Å². The molecule has 0 bridgehead atoms. The zero-order chi connectivity index (χ0) is 12.9. The lowest BCUT2D eigenvalue weighted by molar-refractivity contribution is 0.482. The summed E-state index contributed by atoms with van der Waals surface area (Å²) in [5.74, 6) is 2.56. The first-order valence-electron chi connectivity index (χ1n) is 7.08. The molecular formula is C18H19O. The van der Waals surface area contributed by atoms with Crippen LogP contribution in [0.15, 0.2) is 54.6 Å². The van der Waals surface area contributed by atoms with Crippen molar-refractivity contribution in [2.75, 3.05) is 0 Å². The van der Waals surface area contributed by atoms with Gasteiger partial charge in [0.2, 0.25) is 0 Å². The molecule has 1 saturated carbocycles. The van der Waals surface area contributed by atoms with Gasteiger partial charge < -0.3 is 4.74 Å². The van der Waals surface area contributed by atoms with Crippen molar-refractivity contribution in [1.82, 2.24) is 0 Å². The van der Waals surface area contributed by atoms with Crippen molar-refractivity contribution in [2.24, 2.45) is 5.92 Å². The van der Waals surface area contributed by atoms with Crippen LogP contribution in [0.1, 0.15) is 31.2 Å². The van der Waals surface area contributed by atoms with Crippen LogP contribution in [-0.2, 0) is 0 Å². The van der Waals surface area contributed by atoms with Gasteiger partial charge in [0.05, 0.1) is 0 Å². The highest BCUT2D eigenvalue weighted by Gasteiger charge is 2.15. The summed E-state index contributed by atoms with van der Waals surface area (Å²) in [6.07, 6.45) is 7.82. The number of hydrogen-bond acceptors (Lipinski definition) is 1. The molecule has 0 amide bonds. The van der Waals surface area contributed by atoms with E-state index in [1.54, 1.807) is 0 Å². The van der Waals surface area contributed by atoms with Crippen LogP contribution in [0.5, 0.6) is 11.5 Å². The third-order valence-electron chi connectivity index (χ3n) is 3.66. The van der Waals surface area contributed by atoms with E-state index in [1.165, 1.54) is 31.2 Å². The summed E-state index contributed by atoms with van der Waals surface area (Å²) in [5.41, 5.74) is 1.28. The number of para-hydroxylation sites is 1. The summed E-state index contributed by atoms with van der Waals surface area (Å²) in [4.78, 5) is 0. The Morgan fingerprint density at radius 2 is 1.58 bits per heavy atom. The molecule has 1 nitrogen and oxygen atoms in total. The molecule has 0 N–H and O–H groups in total. The maximum atomic E-state index is 5.86. The minimum Gasteiger partial charge on any atom is -0.457 e. The van der Waals surface area contributed by atoms with Gasteiger partial charge in [0.25, 0.3) is 0 Å². The highest BCUT2D eigenvalue weighted by molar-refractivity contribution is 5.36. The summed E-state index contributed by atoms with van der Waals surface area (Å²) < 4.78 is 5.86. The Morgan fingerprint density at radius 3 is 2.37 bits per heavy atom. The molecule has 0 aliphatic heterocycles. The van der Waals surface area contributed by atoms with Gasteiger partial charge in [-0.25, -0.2) is 0 Å². The third kappa shape index (κ3) is 3.37. The number of ether oxygens (including phenoxy) is 1. The maximum absolute atomic E-state index is 5.86. The van der Waals surface area contributed by atoms with Crippen LogP contribution < -0.4 is 4.74 Å². The van der Waals surface area contributed by atoms with Crippen molar-refractivity contribution in [3.8, 4) is 11.5 Å². The second kappa shape index (κ2) is 5.92. The van der Waals surface area contributed by atoms with Gasteiger partial charge >= 0.3 is 0 Å². The van der Waals surface area contributed by atoms with Gasteiger partial charge in [0, 0.05) is 0 Å². The average molecular weight is 251 g/mol. The lowest BCUT2D eigenvalue weighted by Gasteiger charge is -2.10. The van der Waals surface area contributed by atoms with Crippen molar-refractivity contribution in [2.45, 2.75) is 25.7 Å². The van der Waals surface area contributed by atoms with E-state index in [-0.39, 0.29) is 0 Å². The summed E-state index contributed by atoms with van der Waals surface area (Å²) >= 11 is 0. The Bertz CT molecular complexity index is 512. The lowest BCUT2D eigenvalue weighted by Crippen LogP contribution is -1.95.